The SMILES string of the molecule is C[C@H]1C[C@@H]1C(=O)N1CCC2(CCN(Cc3ccccc3)C2)CC1. The summed E-state index contributed by atoms with van der Waals surface area (Å²) < 4.78 is 0. The molecule has 2 saturated heterocycles. The Labute approximate surface area is 139 Å². The Bertz CT molecular complexity index is 562. The fraction of sp³-hybridized carbons (Fsp3) is 0.650. The number of benzene rings is 1. The molecule has 1 aliphatic carbocycles. The zero-order valence-corrected chi connectivity index (χ0v) is 14.2. The van der Waals surface area contributed by atoms with E-state index in [0.29, 0.717) is 23.2 Å². The molecule has 0 unspecified atom stereocenters. The van der Waals surface area contributed by atoms with Gasteiger partial charge in [-0.25, -0.2) is 0 Å². The minimum atomic E-state index is 0.349. The Morgan fingerprint density at radius 2 is 1.78 bits per heavy atom. The van der Waals surface area contributed by atoms with Crippen molar-refractivity contribution in [3.63, 3.8) is 0 Å². The van der Waals surface area contributed by atoms with Gasteiger partial charge in [-0.3, -0.25) is 9.69 Å². The van der Waals surface area contributed by atoms with E-state index < -0.39 is 0 Å². The average molecular weight is 312 g/mol. The molecule has 2 heterocycles. The standard InChI is InChI=1S/C20H28N2O/c1-16-13-18(16)19(23)22-11-8-20(9-12-22)7-10-21(15-20)14-17-5-3-2-4-6-17/h2-6,16,18H,7-15H2,1H3/t16-,18-/m0/s1. The Morgan fingerprint density at radius 1 is 1.13 bits per heavy atom. The van der Waals surface area contributed by atoms with Crippen molar-refractivity contribution >= 4 is 5.91 Å². The van der Waals surface area contributed by atoms with E-state index in [9.17, 15) is 4.79 Å². The lowest BCUT2D eigenvalue weighted by Gasteiger charge is -2.39. The highest BCUT2D eigenvalue weighted by molar-refractivity contribution is 5.81. The molecule has 1 aromatic carbocycles. The summed E-state index contributed by atoms with van der Waals surface area (Å²) in [7, 11) is 0. The van der Waals surface area contributed by atoms with Crippen LogP contribution in [0.25, 0.3) is 0 Å². The molecule has 0 radical (unpaired) electrons. The molecule has 3 fully saturated rings. The number of rotatable bonds is 3. The quantitative estimate of drug-likeness (QED) is 0.856. The third kappa shape index (κ3) is 3.16. The zero-order valence-electron chi connectivity index (χ0n) is 14.2. The molecule has 4 rings (SSSR count). The zero-order chi connectivity index (χ0) is 15.9. The summed E-state index contributed by atoms with van der Waals surface area (Å²) >= 11 is 0. The number of nitrogens with zero attached hydrogens (tertiary/aromatic N) is 2. The van der Waals surface area contributed by atoms with Crippen LogP contribution in [0.3, 0.4) is 0 Å². The molecule has 3 nitrogen and oxygen atoms in total. The largest absolute Gasteiger partial charge is 0.342 e. The van der Waals surface area contributed by atoms with Crippen LogP contribution in [-0.2, 0) is 11.3 Å². The summed E-state index contributed by atoms with van der Waals surface area (Å²) in [6.07, 6.45) is 4.82. The van der Waals surface area contributed by atoms with Crippen molar-refractivity contribution in [2.75, 3.05) is 26.2 Å². The lowest BCUT2D eigenvalue weighted by Crippen LogP contribution is -2.45. The van der Waals surface area contributed by atoms with Crippen LogP contribution in [0.4, 0.5) is 0 Å². The van der Waals surface area contributed by atoms with Gasteiger partial charge >= 0.3 is 0 Å². The Kier molecular flexibility index (Phi) is 3.92. The number of carbonyl (C=O) groups excluding carboxylic acids is 1. The van der Waals surface area contributed by atoms with Gasteiger partial charge in [-0.1, -0.05) is 37.3 Å². The predicted molar refractivity (Wildman–Crippen MR) is 91.9 cm³/mol. The summed E-state index contributed by atoms with van der Waals surface area (Å²) in [5.41, 5.74) is 1.89. The molecule has 1 spiro atoms. The van der Waals surface area contributed by atoms with Crippen LogP contribution in [0, 0.1) is 17.3 Å². The van der Waals surface area contributed by atoms with Gasteiger partial charge in [0.25, 0.3) is 0 Å². The monoisotopic (exact) mass is 312 g/mol. The normalized spacial score (nSPS) is 29.9. The van der Waals surface area contributed by atoms with Gasteiger partial charge in [0.2, 0.25) is 5.91 Å². The van der Waals surface area contributed by atoms with Gasteiger partial charge in [0.15, 0.2) is 0 Å². The minimum Gasteiger partial charge on any atom is -0.342 e. The molecule has 1 aromatic rings. The number of piperidine rings is 1. The van der Waals surface area contributed by atoms with E-state index in [4.69, 9.17) is 0 Å². The van der Waals surface area contributed by atoms with Crippen molar-refractivity contribution in [3.8, 4) is 0 Å². The summed E-state index contributed by atoms with van der Waals surface area (Å²) in [4.78, 5) is 17.2. The molecule has 0 aromatic heterocycles. The summed E-state index contributed by atoms with van der Waals surface area (Å²) in [5, 5.41) is 0. The van der Waals surface area contributed by atoms with Crippen molar-refractivity contribution in [2.24, 2.45) is 17.3 Å². The molecule has 0 N–H and O–H groups in total. The Morgan fingerprint density at radius 3 is 2.43 bits per heavy atom. The average Bonchev–Trinajstić information content (AvgIpc) is 3.19. The topological polar surface area (TPSA) is 23.6 Å². The van der Waals surface area contributed by atoms with Crippen molar-refractivity contribution in [3.05, 3.63) is 35.9 Å². The van der Waals surface area contributed by atoms with Gasteiger partial charge in [-0.15, -0.1) is 0 Å². The number of carbonyl (C=O) groups is 1. The van der Waals surface area contributed by atoms with Crippen molar-refractivity contribution in [1.82, 2.24) is 9.80 Å². The first-order valence-electron chi connectivity index (χ1n) is 9.20. The number of likely N-dealkylation sites (tertiary alicyclic amines) is 2. The maximum absolute atomic E-state index is 12.4. The maximum Gasteiger partial charge on any atom is 0.225 e. The molecular weight excluding hydrogens is 284 g/mol. The maximum atomic E-state index is 12.4. The van der Waals surface area contributed by atoms with Crippen LogP contribution in [-0.4, -0.2) is 41.9 Å². The molecule has 2 aliphatic heterocycles. The van der Waals surface area contributed by atoms with E-state index in [2.05, 4.69) is 47.1 Å². The van der Waals surface area contributed by atoms with Gasteiger partial charge in [-0.05, 0) is 49.1 Å². The summed E-state index contributed by atoms with van der Waals surface area (Å²) in [5.74, 6) is 1.42. The smallest absolute Gasteiger partial charge is 0.225 e. The lowest BCUT2D eigenvalue weighted by atomic mass is 9.77. The lowest BCUT2D eigenvalue weighted by molar-refractivity contribution is -0.135. The predicted octanol–water partition coefficient (Wildman–Crippen LogP) is 3.16. The molecule has 23 heavy (non-hydrogen) atoms. The number of hydrogen-bond donors (Lipinski definition) is 0. The first kappa shape index (κ1) is 15.2. The van der Waals surface area contributed by atoms with Crippen molar-refractivity contribution < 1.29 is 4.79 Å². The number of hydrogen-bond acceptors (Lipinski definition) is 2. The second-order valence-corrected chi connectivity index (χ2v) is 8.09. The van der Waals surface area contributed by atoms with Crippen LogP contribution < -0.4 is 0 Å². The van der Waals surface area contributed by atoms with Crippen LogP contribution in [0.1, 0.15) is 38.2 Å². The minimum absolute atomic E-state index is 0.349. The molecule has 3 heteroatoms. The van der Waals surface area contributed by atoms with Crippen LogP contribution in [0.15, 0.2) is 30.3 Å². The van der Waals surface area contributed by atoms with Gasteiger partial charge in [0.05, 0.1) is 0 Å². The fourth-order valence-corrected chi connectivity index (χ4v) is 4.51. The Balaban J connectivity index is 1.30. The van der Waals surface area contributed by atoms with E-state index >= 15 is 0 Å². The van der Waals surface area contributed by atoms with Gasteiger partial charge < -0.3 is 4.90 Å². The van der Waals surface area contributed by atoms with Crippen molar-refractivity contribution in [2.45, 2.75) is 39.2 Å². The first-order chi connectivity index (χ1) is 11.2. The van der Waals surface area contributed by atoms with Crippen molar-refractivity contribution in [1.29, 1.82) is 0 Å². The van der Waals surface area contributed by atoms with Gasteiger partial charge in [0.1, 0.15) is 0 Å². The van der Waals surface area contributed by atoms with E-state index in [1.165, 1.54) is 37.9 Å². The fourth-order valence-electron chi connectivity index (χ4n) is 4.51. The first-order valence-corrected chi connectivity index (χ1v) is 9.20. The van der Waals surface area contributed by atoms with Crippen LogP contribution in [0.2, 0.25) is 0 Å². The molecular formula is C20H28N2O. The second kappa shape index (κ2) is 5.94. The molecule has 0 bridgehead atoms. The molecule has 1 amide bonds. The molecule has 124 valence electrons. The van der Waals surface area contributed by atoms with Crippen LogP contribution >= 0.6 is 0 Å². The highest BCUT2D eigenvalue weighted by atomic mass is 16.2. The Hall–Kier alpha value is -1.35. The van der Waals surface area contributed by atoms with E-state index in [1.807, 2.05) is 0 Å². The third-order valence-corrected chi connectivity index (χ3v) is 6.33. The number of amides is 1. The second-order valence-electron chi connectivity index (χ2n) is 8.09. The van der Waals surface area contributed by atoms with E-state index in [1.54, 1.807) is 0 Å². The highest BCUT2D eigenvalue weighted by Crippen LogP contribution is 2.43. The van der Waals surface area contributed by atoms with Gasteiger partial charge in [0, 0.05) is 32.1 Å². The molecule has 2 atom stereocenters. The van der Waals surface area contributed by atoms with E-state index in [-0.39, 0.29) is 0 Å². The third-order valence-electron chi connectivity index (χ3n) is 6.33. The summed E-state index contributed by atoms with van der Waals surface area (Å²) in [6.45, 7) is 7.67. The molecule has 3 aliphatic rings. The molecule has 1 saturated carbocycles. The summed E-state index contributed by atoms with van der Waals surface area (Å²) in [6, 6.07) is 10.8. The van der Waals surface area contributed by atoms with Crippen LogP contribution in [0.5, 0.6) is 0 Å². The van der Waals surface area contributed by atoms with E-state index in [0.717, 1.165) is 26.1 Å². The van der Waals surface area contributed by atoms with Gasteiger partial charge in [-0.2, -0.15) is 0 Å². The highest BCUT2D eigenvalue weighted by Gasteiger charge is 2.45.